The van der Waals surface area contributed by atoms with E-state index in [1.54, 1.807) is 0 Å². The van der Waals surface area contributed by atoms with Crippen LogP contribution in [-0.4, -0.2) is 22.8 Å². The Labute approximate surface area is 120 Å². The van der Waals surface area contributed by atoms with Crippen LogP contribution in [0.25, 0.3) is 0 Å². The summed E-state index contributed by atoms with van der Waals surface area (Å²) in [6.07, 6.45) is 4.79. The van der Waals surface area contributed by atoms with Crippen molar-refractivity contribution in [3.63, 3.8) is 0 Å². The Hall–Kier alpha value is -1.81. The lowest BCUT2D eigenvalue weighted by Gasteiger charge is -2.14. The minimum atomic E-state index is 0.0324. The molecule has 0 N–H and O–H groups in total. The normalized spacial score (nSPS) is 12.3. The van der Waals surface area contributed by atoms with Gasteiger partial charge in [-0.2, -0.15) is 0 Å². The first-order valence-corrected chi connectivity index (χ1v) is 7.11. The molecule has 0 spiro atoms. The largest absolute Gasteiger partial charge is 0.494 e. The standard InChI is InChI=1S/C16H22N2O2/c1-3-19-14(2)16-17-10-12-18(16)11-7-13-20-15-8-5-4-6-9-15/h4-6,8-10,12,14H,3,7,11,13H2,1-2H3/t14-/m1/s1. The van der Waals surface area contributed by atoms with Crippen molar-refractivity contribution in [3.8, 4) is 5.75 Å². The molecule has 0 aliphatic carbocycles. The molecule has 2 rings (SSSR count). The van der Waals surface area contributed by atoms with E-state index in [9.17, 15) is 0 Å². The van der Waals surface area contributed by atoms with Crippen LogP contribution < -0.4 is 4.74 Å². The first-order chi connectivity index (χ1) is 9.81. The maximum Gasteiger partial charge on any atom is 0.137 e. The maximum atomic E-state index is 5.69. The Morgan fingerprint density at radius 2 is 2.05 bits per heavy atom. The van der Waals surface area contributed by atoms with Crippen LogP contribution in [0.5, 0.6) is 5.75 Å². The highest BCUT2D eigenvalue weighted by atomic mass is 16.5. The van der Waals surface area contributed by atoms with E-state index in [1.165, 1.54) is 0 Å². The fourth-order valence-electron chi connectivity index (χ4n) is 2.13. The molecule has 0 unspecified atom stereocenters. The summed E-state index contributed by atoms with van der Waals surface area (Å²) in [5.41, 5.74) is 0. The van der Waals surface area contributed by atoms with E-state index in [0.717, 1.165) is 24.5 Å². The van der Waals surface area contributed by atoms with Crippen LogP contribution in [0.1, 0.15) is 32.2 Å². The number of imidazole rings is 1. The summed E-state index contributed by atoms with van der Waals surface area (Å²) in [5.74, 6) is 1.90. The minimum Gasteiger partial charge on any atom is -0.494 e. The van der Waals surface area contributed by atoms with E-state index < -0.39 is 0 Å². The second kappa shape index (κ2) is 7.70. The maximum absolute atomic E-state index is 5.69. The second-order valence-corrected chi connectivity index (χ2v) is 4.59. The van der Waals surface area contributed by atoms with Crippen molar-refractivity contribution in [3.05, 3.63) is 48.5 Å². The molecule has 4 nitrogen and oxygen atoms in total. The van der Waals surface area contributed by atoms with Crippen LogP contribution in [0, 0.1) is 0 Å². The summed E-state index contributed by atoms with van der Waals surface area (Å²) in [4.78, 5) is 4.37. The fraction of sp³-hybridized carbons (Fsp3) is 0.438. The van der Waals surface area contributed by atoms with E-state index >= 15 is 0 Å². The zero-order chi connectivity index (χ0) is 14.2. The molecule has 0 aliphatic heterocycles. The molecule has 4 heteroatoms. The van der Waals surface area contributed by atoms with Gasteiger partial charge in [-0.25, -0.2) is 4.98 Å². The second-order valence-electron chi connectivity index (χ2n) is 4.59. The number of hydrogen-bond donors (Lipinski definition) is 0. The lowest BCUT2D eigenvalue weighted by molar-refractivity contribution is 0.0672. The van der Waals surface area contributed by atoms with E-state index in [-0.39, 0.29) is 6.10 Å². The van der Waals surface area contributed by atoms with Crippen LogP contribution in [0.2, 0.25) is 0 Å². The van der Waals surface area contributed by atoms with E-state index in [2.05, 4.69) is 9.55 Å². The minimum absolute atomic E-state index is 0.0324. The average molecular weight is 274 g/mol. The third-order valence-corrected chi connectivity index (χ3v) is 3.08. The van der Waals surface area contributed by atoms with Gasteiger partial charge in [0.15, 0.2) is 0 Å². The quantitative estimate of drug-likeness (QED) is 0.692. The Kier molecular flexibility index (Phi) is 5.62. The first-order valence-electron chi connectivity index (χ1n) is 7.11. The van der Waals surface area contributed by atoms with Gasteiger partial charge in [0.2, 0.25) is 0 Å². The number of aromatic nitrogens is 2. The summed E-state index contributed by atoms with van der Waals surface area (Å²) in [7, 11) is 0. The summed E-state index contributed by atoms with van der Waals surface area (Å²) in [6, 6.07) is 9.89. The van der Waals surface area contributed by atoms with E-state index in [1.807, 2.05) is 56.6 Å². The Morgan fingerprint density at radius 1 is 1.25 bits per heavy atom. The molecule has 0 radical (unpaired) electrons. The summed E-state index contributed by atoms with van der Waals surface area (Å²) >= 11 is 0. The molecule has 0 amide bonds. The van der Waals surface area contributed by atoms with Crippen molar-refractivity contribution < 1.29 is 9.47 Å². The van der Waals surface area contributed by atoms with Crippen molar-refractivity contribution in [1.82, 2.24) is 9.55 Å². The molecule has 1 atom stereocenters. The molecule has 0 fully saturated rings. The molecule has 20 heavy (non-hydrogen) atoms. The number of nitrogens with zero attached hydrogens (tertiary/aromatic N) is 2. The van der Waals surface area contributed by atoms with E-state index in [0.29, 0.717) is 13.2 Å². The lowest BCUT2D eigenvalue weighted by Crippen LogP contribution is -2.11. The molecular formula is C16H22N2O2. The third kappa shape index (κ3) is 4.10. The molecular weight excluding hydrogens is 252 g/mol. The van der Waals surface area contributed by atoms with Crippen molar-refractivity contribution >= 4 is 0 Å². The van der Waals surface area contributed by atoms with Crippen molar-refractivity contribution in [2.45, 2.75) is 32.9 Å². The highest BCUT2D eigenvalue weighted by molar-refractivity contribution is 5.20. The van der Waals surface area contributed by atoms with Crippen LogP contribution >= 0.6 is 0 Å². The van der Waals surface area contributed by atoms with Gasteiger partial charge in [0.05, 0.1) is 6.61 Å². The molecule has 108 valence electrons. The van der Waals surface area contributed by atoms with Gasteiger partial charge in [-0.15, -0.1) is 0 Å². The van der Waals surface area contributed by atoms with Gasteiger partial charge in [-0.3, -0.25) is 0 Å². The highest BCUT2D eigenvalue weighted by Gasteiger charge is 2.11. The topological polar surface area (TPSA) is 36.3 Å². The number of para-hydroxylation sites is 1. The Morgan fingerprint density at radius 3 is 2.80 bits per heavy atom. The van der Waals surface area contributed by atoms with Gasteiger partial charge < -0.3 is 14.0 Å². The fourth-order valence-corrected chi connectivity index (χ4v) is 2.13. The predicted octanol–water partition coefficient (Wildman–Crippen LogP) is 3.45. The Balaban J connectivity index is 1.78. The van der Waals surface area contributed by atoms with Gasteiger partial charge in [0.1, 0.15) is 17.7 Å². The summed E-state index contributed by atoms with van der Waals surface area (Å²) < 4.78 is 13.4. The Bertz CT molecular complexity index is 496. The van der Waals surface area contributed by atoms with Crippen LogP contribution in [0.3, 0.4) is 0 Å². The monoisotopic (exact) mass is 274 g/mol. The van der Waals surface area contributed by atoms with Crippen molar-refractivity contribution in [2.24, 2.45) is 0 Å². The molecule has 0 saturated carbocycles. The lowest BCUT2D eigenvalue weighted by atomic mass is 10.3. The van der Waals surface area contributed by atoms with Gasteiger partial charge in [0, 0.05) is 25.5 Å². The molecule has 1 aromatic carbocycles. The van der Waals surface area contributed by atoms with E-state index in [4.69, 9.17) is 9.47 Å². The van der Waals surface area contributed by atoms with Gasteiger partial charge in [0.25, 0.3) is 0 Å². The van der Waals surface area contributed by atoms with Gasteiger partial charge in [-0.05, 0) is 32.4 Å². The predicted molar refractivity (Wildman–Crippen MR) is 78.8 cm³/mol. The number of hydrogen-bond acceptors (Lipinski definition) is 3. The number of rotatable bonds is 8. The van der Waals surface area contributed by atoms with Gasteiger partial charge >= 0.3 is 0 Å². The van der Waals surface area contributed by atoms with Crippen molar-refractivity contribution in [1.29, 1.82) is 0 Å². The van der Waals surface area contributed by atoms with Crippen molar-refractivity contribution in [2.75, 3.05) is 13.2 Å². The van der Waals surface area contributed by atoms with Crippen LogP contribution in [0.15, 0.2) is 42.7 Å². The third-order valence-electron chi connectivity index (χ3n) is 3.08. The molecule has 0 bridgehead atoms. The summed E-state index contributed by atoms with van der Waals surface area (Å²) in [6.45, 7) is 6.32. The SMILES string of the molecule is CCO[C@H](C)c1nccn1CCCOc1ccccc1. The number of ether oxygens (including phenoxy) is 2. The van der Waals surface area contributed by atoms with Gasteiger partial charge in [-0.1, -0.05) is 18.2 Å². The molecule has 1 heterocycles. The highest BCUT2D eigenvalue weighted by Crippen LogP contribution is 2.15. The molecule has 1 aromatic heterocycles. The molecule has 0 saturated heterocycles. The average Bonchev–Trinajstić information content (AvgIpc) is 2.93. The molecule has 2 aromatic rings. The zero-order valence-corrected chi connectivity index (χ0v) is 12.2. The summed E-state index contributed by atoms with van der Waals surface area (Å²) in [5, 5.41) is 0. The molecule has 0 aliphatic rings. The first kappa shape index (κ1) is 14.6. The smallest absolute Gasteiger partial charge is 0.137 e. The van der Waals surface area contributed by atoms with Crippen LogP contribution in [0.4, 0.5) is 0 Å². The number of aryl methyl sites for hydroxylation is 1. The van der Waals surface area contributed by atoms with Crippen LogP contribution in [-0.2, 0) is 11.3 Å². The number of benzene rings is 1. The zero-order valence-electron chi connectivity index (χ0n) is 12.2.